The molecule has 3 aliphatic rings. The zero-order valence-electron chi connectivity index (χ0n) is 20.3. The number of rotatable bonds is 5. The van der Waals surface area contributed by atoms with E-state index in [-0.39, 0.29) is 41.0 Å². The van der Waals surface area contributed by atoms with Gasteiger partial charge in [0, 0.05) is 42.0 Å². The van der Waals surface area contributed by atoms with Crippen LogP contribution in [0.15, 0.2) is 18.2 Å². The van der Waals surface area contributed by atoms with Crippen LogP contribution in [-0.2, 0) is 20.7 Å². The topological polar surface area (TPSA) is 206 Å². The van der Waals surface area contributed by atoms with Crippen molar-refractivity contribution in [2.75, 3.05) is 20.3 Å². The molecular weight excluding hydrogens is 502 g/mol. The highest BCUT2D eigenvalue weighted by molar-refractivity contribution is 6.31. The second-order valence-corrected chi connectivity index (χ2v) is 9.73. The van der Waals surface area contributed by atoms with Crippen molar-refractivity contribution in [2.24, 2.45) is 5.73 Å². The first-order valence-corrected chi connectivity index (χ1v) is 12.0. The Bertz CT molecular complexity index is 1360. The van der Waals surface area contributed by atoms with Crippen molar-refractivity contribution in [3.05, 3.63) is 51.6 Å². The average Bonchev–Trinajstić information content (AvgIpc) is 2.90. The minimum absolute atomic E-state index is 0.0268. The van der Waals surface area contributed by atoms with Gasteiger partial charge in [0.1, 0.15) is 29.5 Å². The lowest BCUT2D eigenvalue weighted by atomic mass is 9.72. The van der Waals surface area contributed by atoms with Gasteiger partial charge >= 0.3 is 0 Å². The fraction of sp³-hybridized carbons (Fsp3) is 0.423. The van der Waals surface area contributed by atoms with Crippen LogP contribution in [0.3, 0.4) is 0 Å². The van der Waals surface area contributed by atoms with E-state index in [1.807, 2.05) is 0 Å². The lowest BCUT2D eigenvalue weighted by Gasteiger charge is -2.41. The summed E-state index contributed by atoms with van der Waals surface area (Å²) < 4.78 is 16.7. The summed E-state index contributed by atoms with van der Waals surface area (Å²) in [5, 5.41) is 53.2. The van der Waals surface area contributed by atoms with E-state index in [1.54, 1.807) is 0 Å². The second-order valence-electron chi connectivity index (χ2n) is 9.73. The summed E-state index contributed by atoms with van der Waals surface area (Å²) in [7, 11) is 1.32. The predicted molar refractivity (Wildman–Crippen MR) is 127 cm³/mol. The molecule has 2 aromatic rings. The number of ketones is 3. The van der Waals surface area contributed by atoms with Gasteiger partial charge in [-0.2, -0.15) is 0 Å². The molecule has 0 amide bonds. The van der Waals surface area contributed by atoms with Gasteiger partial charge in [0.15, 0.2) is 17.9 Å². The normalized spacial score (nSPS) is 28.3. The third-order valence-electron chi connectivity index (χ3n) is 7.47. The highest BCUT2D eigenvalue weighted by Crippen LogP contribution is 2.52. The first kappa shape index (κ1) is 26.2. The van der Waals surface area contributed by atoms with Crippen LogP contribution >= 0.6 is 0 Å². The molecule has 202 valence electrons. The van der Waals surface area contributed by atoms with Crippen LogP contribution in [0.4, 0.5) is 0 Å². The van der Waals surface area contributed by atoms with Gasteiger partial charge in [-0.25, -0.2) is 0 Å². The maximum Gasteiger partial charge on any atom is 0.202 e. The minimum Gasteiger partial charge on any atom is -0.507 e. The van der Waals surface area contributed by atoms with E-state index in [0.717, 1.165) is 0 Å². The zero-order valence-corrected chi connectivity index (χ0v) is 20.3. The predicted octanol–water partition coefficient (Wildman–Crippen LogP) is -0.387. The number of phenols is 2. The summed E-state index contributed by atoms with van der Waals surface area (Å²) in [5.74, 6) is -3.77. The number of aliphatic hydroxyl groups is 3. The average molecular weight is 529 g/mol. The summed E-state index contributed by atoms with van der Waals surface area (Å²) in [6.07, 6.45) is -4.31. The van der Waals surface area contributed by atoms with Crippen molar-refractivity contribution in [3.8, 4) is 17.2 Å². The number of carbonyl (C=O) groups excluding carboxylic acids is 3. The van der Waals surface area contributed by atoms with Crippen LogP contribution in [0.1, 0.15) is 61.9 Å². The van der Waals surface area contributed by atoms with E-state index in [9.17, 15) is 39.9 Å². The number of carbonyl (C=O) groups is 3. The maximum atomic E-state index is 13.6. The summed E-state index contributed by atoms with van der Waals surface area (Å²) in [5.41, 5.74) is 2.30. The summed E-state index contributed by atoms with van der Waals surface area (Å²) in [6, 6.07) is 3.66. The Balaban J connectivity index is 1.69. The monoisotopic (exact) mass is 529 g/mol. The van der Waals surface area contributed by atoms with Gasteiger partial charge < -0.3 is 45.5 Å². The van der Waals surface area contributed by atoms with Crippen molar-refractivity contribution in [1.82, 2.24) is 0 Å². The molecule has 7 N–H and O–H groups in total. The Kier molecular flexibility index (Phi) is 6.50. The lowest BCUT2D eigenvalue weighted by Crippen LogP contribution is -2.50. The van der Waals surface area contributed by atoms with Crippen molar-refractivity contribution < 1.29 is 54.1 Å². The van der Waals surface area contributed by atoms with Crippen molar-refractivity contribution in [3.63, 3.8) is 0 Å². The molecule has 0 radical (unpaired) electrons. The third-order valence-corrected chi connectivity index (χ3v) is 7.47. The van der Waals surface area contributed by atoms with Gasteiger partial charge in [-0.3, -0.25) is 14.4 Å². The Hall–Kier alpha value is -3.39. The molecule has 0 aromatic heterocycles. The number of nitrogens with two attached hydrogens (primary N) is 1. The first-order chi connectivity index (χ1) is 18.0. The molecule has 2 aromatic carbocycles. The van der Waals surface area contributed by atoms with Crippen LogP contribution in [0, 0.1) is 0 Å². The quantitative estimate of drug-likeness (QED) is 0.234. The van der Waals surface area contributed by atoms with Crippen molar-refractivity contribution in [1.29, 1.82) is 0 Å². The number of fused-ring (bicyclic) bond motifs is 3. The molecule has 2 aliphatic carbocycles. The van der Waals surface area contributed by atoms with Crippen LogP contribution in [0.5, 0.6) is 17.2 Å². The Labute approximate surface area is 216 Å². The van der Waals surface area contributed by atoms with Crippen LogP contribution in [0.25, 0.3) is 0 Å². The fourth-order valence-electron chi connectivity index (χ4n) is 5.45. The molecule has 0 saturated carbocycles. The minimum atomic E-state index is -2.23. The smallest absolute Gasteiger partial charge is 0.202 e. The SMILES string of the molecule is COc1cccc2c1C(=O)c1c(O)c3c(c(O)c1C2=O)C[C@@](O)(C(=O)CO)C[C@@H]3O[C@H]1C[C@H](N)[C@@H](O)CO1. The molecule has 0 bridgehead atoms. The number of benzene rings is 2. The van der Waals surface area contributed by atoms with Crippen LogP contribution in [0.2, 0.25) is 0 Å². The molecule has 0 unspecified atom stereocenters. The van der Waals surface area contributed by atoms with E-state index in [1.165, 1.54) is 25.3 Å². The number of Topliss-reactive ketones (excluding diaryl/α,β-unsaturated/α-hetero) is 1. The molecule has 12 heteroatoms. The molecule has 5 atom stereocenters. The molecule has 5 rings (SSSR count). The lowest BCUT2D eigenvalue weighted by molar-refractivity contribution is -0.223. The first-order valence-electron chi connectivity index (χ1n) is 12.0. The number of methoxy groups -OCH3 is 1. The Morgan fingerprint density at radius 2 is 1.87 bits per heavy atom. The highest BCUT2D eigenvalue weighted by atomic mass is 16.7. The van der Waals surface area contributed by atoms with E-state index >= 15 is 0 Å². The second kappa shape index (κ2) is 9.42. The molecule has 12 nitrogen and oxygen atoms in total. The largest absolute Gasteiger partial charge is 0.507 e. The van der Waals surface area contributed by atoms with Gasteiger partial charge in [0.25, 0.3) is 0 Å². The van der Waals surface area contributed by atoms with Gasteiger partial charge in [-0.05, 0) is 6.07 Å². The van der Waals surface area contributed by atoms with Gasteiger partial charge in [-0.15, -0.1) is 0 Å². The maximum absolute atomic E-state index is 13.6. The number of ether oxygens (including phenoxy) is 3. The van der Waals surface area contributed by atoms with E-state index < -0.39 is 89.6 Å². The van der Waals surface area contributed by atoms with E-state index in [2.05, 4.69) is 0 Å². The summed E-state index contributed by atoms with van der Waals surface area (Å²) in [6.45, 7) is -1.17. The molecule has 1 saturated heterocycles. The number of phenolic OH excluding ortho intramolecular Hbond substituents is 2. The van der Waals surface area contributed by atoms with Crippen LogP contribution < -0.4 is 10.5 Å². The van der Waals surface area contributed by atoms with E-state index in [4.69, 9.17) is 19.9 Å². The van der Waals surface area contributed by atoms with E-state index in [0.29, 0.717) is 0 Å². The Morgan fingerprint density at radius 1 is 1.16 bits per heavy atom. The Morgan fingerprint density at radius 3 is 2.53 bits per heavy atom. The molecular formula is C26H27NO11. The summed E-state index contributed by atoms with van der Waals surface area (Å²) in [4.78, 5) is 39.6. The molecule has 1 heterocycles. The fourth-order valence-corrected chi connectivity index (χ4v) is 5.45. The van der Waals surface area contributed by atoms with Crippen molar-refractivity contribution in [2.45, 2.75) is 49.4 Å². The number of aromatic hydroxyl groups is 2. The molecule has 0 spiro atoms. The number of hydrogen-bond acceptors (Lipinski definition) is 12. The van der Waals surface area contributed by atoms with Crippen molar-refractivity contribution >= 4 is 17.3 Å². The van der Waals surface area contributed by atoms with Crippen LogP contribution in [-0.4, -0.2) is 87.2 Å². The zero-order chi connectivity index (χ0) is 27.5. The van der Waals surface area contributed by atoms with Gasteiger partial charge in [-0.1, -0.05) is 12.1 Å². The van der Waals surface area contributed by atoms with Gasteiger partial charge in [0.05, 0.1) is 42.6 Å². The molecule has 1 fully saturated rings. The standard InChI is InChI=1S/C26H27NO11/c1-36-14-4-2-3-10-18(14)24(33)21-20(22(10)31)23(32)11-6-26(35,16(30)8-28)7-15(19(11)25(21)34)38-17-5-12(27)13(29)9-37-17/h2-4,12-13,15,17,28-29,32,34-35H,5-9,27H2,1H3/t12-,13-,15-,17-,26-/m0/s1. The highest BCUT2D eigenvalue weighted by Gasteiger charge is 2.49. The number of hydrogen-bond donors (Lipinski definition) is 6. The third kappa shape index (κ3) is 3.88. The molecule has 38 heavy (non-hydrogen) atoms. The number of aliphatic hydroxyl groups excluding tert-OH is 2. The molecule has 1 aliphatic heterocycles. The summed E-state index contributed by atoms with van der Waals surface area (Å²) >= 11 is 0. The van der Waals surface area contributed by atoms with Gasteiger partial charge in [0.2, 0.25) is 5.78 Å².